The van der Waals surface area contributed by atoms with Gasteiger partial charge in [0.2, 0.25) is 5.91 Å². The minimum atomic E-state index is -0.818. The van der Waals surface area contributed by atoms with E-state index in [2.05, 4.69) is 5.32 Å². The maximum absolute atomic E-state index is 13.9. The molecule has 1 N–H and O–H groups in total. The van der Waals surface area contributed by atoms with Gasteiger partial charge in [-0.25, -0.2) is 18.1 Å². The number of nitrogens with zero attached hydrogens (tertiary/aromatic N) is 2. The smallest absolute Gasteiger partial charge is 0.336 e. The average molecular weight is 443 g/mol. The molecule has 0 saturated heterocycles. The Hall–Kier alpha value is -3.79. The lowest BCUT2D eigenvalue weighted by atomic mass is 10.3. The Morgan fingerprint density at radius 3 is 2.68 bits per heavy atom. The highest BCUT2D eigenvalue weighted by molar-refractivity contribution is 7.17. The van der Waals surface area contributed by atoms with Gasteiger partial charge in [-0.3, -0.25) is 14.2 Å². The highest BCUT2D eigenvalue weighted by Crippen LogP contribution is 2.22. The number of rotatable bonds is 5. The first-order chi connectivity index (χ1) is 14.9. The summed E-state index contributed by atoms with van der Waals surface area (Å²) in [6, 6.07) is 10.7. The van der Waals surface area contributed by atoms with Crippen molar-refractivity contribution in [1.82, 2.24) is 9.13 Å². The SMILES string of the molecule is COc1ccccc1-n1c(=O)c2sccc2n(CC(=O)Nc2cc(F)ccc2F)c1=O. The van der Waals surface area contributed by atoms with Crippen LogP contribution in [0.3, 0.4) is 0 Å². The lowest BCUT2D eigenvalue weighted by Crippen LogP contribution is -2.40. The van der Waals surface area contributed by atoms with E-state index in [0.29, 0.717) is 5.75 Å². The molecule has 0 saturated carbocycles. The summed E-state index contributed by atoms with van der Waals surface area (Å²) in [5.74, 6) is -2.00. The molecule has 10 heteroatoms. The monoisotopic (exact) mass is 443 g/mol. The van der Waals surface area contributed by atoms with Crippen molar-refractivity contribution < 1.29 is 18.3 Å². The molecule has 0 aliphatic carbocycles. The predicted molar refractivity (Wildman–Crippen MR) is 113 cm³/mol. The molecule has 0 unspecified atom stereocenters. The zero-order chi connectivity index (χ0) is 22.1. The zero-order valence-corrected chi connectivity index (χ0v) is 16.9. The molecule has 4 aromatic rings. The van der Waals surface area contributed by atoms with Gasteiger partial charge in [-0.15, -0.1) is 11.3 Å². The fraction of sp³-hybridized carbons (Fsp3) is 0.0952. The van der Waals surface area contributed by atoms with Gasteiger partial charge in [-0.05, 0) is 35.7 Å². The number of para-hydroxylation sites is 2. The summed E-state index contributed by atoms with van der Waals surface area (Å²) in [5, 5.41) is 3.88. The molecule has 158 valence electrons. The Kier molecular flexibility index (Phi) is 5.38. The van der Waals surface area contributed by atoms with Crippen LogP contribution in [0.25, 0.3) is 15.9 Å². The van der Waals surface area contributed by atoms with Crippen molar-refractivity contribution in [3.63, 3.8) is 0 Å². The van der Waals surface area contributed by atoms with Crippen LogP contribution in [0.1, 0.15) is 0 Å². The normalized spacial score (nSPS) is 10.9. The minimum Gasteiger partial charge on any atom is -0.495 e. The molecule has 7 nitrogen and oxygen atoms in total. The van der Waals surface area contributed by atoms with Gasteiger partial charge in [-0.1, -0.05) is 12.1 Å². The van der Waals surface area contributed by atoms with Crippen LogP contribution >= 0.6 is 11.3 Å². The van der Waals surface area contributed by atoms with Crippen LogP contribution < -0.4 is 21.3 Å². The first kappa shape index (κ1) is 20.5. The summed E-state index contributed by atoms with van der Waals surface area (Å²) in [4.78, 5) is 38.8. The lowest BCUT2D eigenvalue weighted by Gasteiger charge is -2.14. The number of aromatic nitrogens is 2. The van der Waals surface area contributed by atoms with Crippen molar-refractivity contribution in [1.29, 1.82) is 0 Å². The first-order valence-electron chi connectivity index (χ1n) is 9.02. The summed E-state index contributed by atoms with van der Waals surface area (Å²) < 4.78 is 34.8. The van der Waals surface area contributed by atoms with E-state index in [1.807, 2.05) is 0 Å². The summed E-state index contributed by atoms with van der Waals surface area (Å²) in [6.07, 6.45) is 0. The van der Waals surface area contributed by atoms with Crippen LogP contribution in [0.5, 0.6) is 5.75 Å². The number of methoxy groups -OCH3 is 1. The fourth-order valence-electron chi connectivity index (χ4n) is 3.19. The molecule has 31 heavy (non-hydrogen) atoms. The van der Waals surface area contributed by atoms with E-state index in [1.54, 1.807) is 35.7 Å². The van der Waals surface area contributed by atoms with Gasteiger partial charge >= 0.3 is 5.69 Å². The van der Waals surface area contributed by atoms with E-state index in [9.17, 15) is 23.2 Å². The van der Waals surface area contributed by atoms with Gasteiger partial charge in [0.25, 0.3) is 5.56 Å². The van der Waals surface area contributed by atoms with Crippen LogP contribution in [0.15, 0.2) is 63.5 Å². The summed E-state index contributed by atoms with van der Waals surface area (Å²) in [7, 11) is 1.41. The molecule has 0 fully saturated rings. The van der Waals surface area contributed by atoms with Crippen LogP contribution in [-0.4, -0.2) is 22.2 Å². The van der Waals surface area contributed by atoms with Crippen molar-refractivity contribution in [3.05, 3.63) is 86.4 Å². The highest BCUT2D eigenvalue weighted by atomic mass is 32.1. The lowest BCUT2D eigenvalue weighted by molar-refractivity contribution is -0.116. The number of hydrogen-bond donors (Lipinski definition) is 1. The number of anilines is 1. The maximum atomic E-state index is 13.9. The van der Waals surface area contributed by atoms with E-state index in [0.717, 1.165) is 38.7 Å². The Labute approximate surface area is 177 Å². The number of ether oxygens (including phenoxy) is 1. The van der Waals surface area contributed by atoms with E-state index in [4.69, 9.17) is 4.74 Å². The van der Waals surface area contributed by atoms with E-state index < -0.39 is 35.3 Å². The van der Waals surface area contributed by atoms with E-state index in [1.165, 1.54) is 7.11 Å². The van der Waals surface area contributed by atoms with Crippen LogP contribution in [0.4, 0.5) is 14.5 Å². The van der Waals surface area contributed by atoms with E-state index >= 15 is 0 Å². The molecule has 0 atom stereocenters. The quantitative estimate of drug-likeness (QED) is 0.514. The number of carbonyl (C=O) groups is 1. The van der Waals surface area contributed by atoms with Crippen LogP contribution in [0.2, 0.25) is 0 Å². The van der Waals surface area contributed by atoms with Gasteiger partial charge in [0, 0.05) is 6.07 Å². The molecule has 2 aromatic carbocycles. The van der Waals surface area contributed by atoms with Crippen molar-refractivity contribution in [3.8, 4) is 11.4 Å². The number of amides is 1. The average Bonchev–Trinajstić information content (AvgIpc) is 3.24. The molecule has 1 amide bonds. The second-order valence-corrected chi connectivity index (χ2v) is 7.40. The molecular formula is C21H15F2N3O4S. The second-order valence-electron chi connectivity index (χ2n) is 6.49. The number of nitrogens with one attached hydrogen (secondary N) is 1. The van der Waals surface area contributed by atoms with Crippen LogP contribution in [0, 0.1) is 11.6 Å². The third-order valence-electron chi connectivity index (χ3n) is 4.59. The summed E-state index contributed by atoms with van der Waals surface area (Å²) in [6.45, 7) is -0.516. The molecule has 0 aliphatic heterocycles. The van der Waals surface area contributed by atoms with Gasteiger partial charge in [0.15, 0.2) is 0 Å². The summed E-state index contributed by atoms with van der Waals surface area (Å²) >= 11 is 1.12. The second kappa shape index (κ2) is 8.15. The van der Waals surface area contributed by atoms with E-state index in [-0.39, 0.29) is 21.6 Å². The standard InChI is InChI=1S/C21H15F2N3O4S/c1-30-17-5-3-2-4-15(17)26-20(28)19-16(8-9-31-19)25(21(26)29)11-18(27)24-14-10-12(22)6-7-13(14)23/h2-10H,11H2,1H3,(H,24,27). The summed E-state index contributed by atoms with van der Waals surface area (Å²) in [5.41, 5.74) is -1.18. The maximum Gasteiger partial charge on any atom is 0.336 e. The van der Waals surface area contributed by atoms with Gasteiger partial charge < -0.3 is 10.1 Å². The molecule has 0 radical (unpaired) electrons. The van der Waals surface area contributed by atoms with Gasteiger partial charge in [0.05, 0.1) is 24.0 Å². The van der Waals surface area contributed by atoms with Crippen LogP contribution in [-0.2, 0) is 11.3 Å². The highest BCUT2D eigenvalue weighted by Gasteiger charge is 2.20. The molecule has 0 spiro atoms. The number of halogens is 2. The largest absolute Gasteiger partial charge is 0.495 e. The number of carbonyl (C=O) groups excluding carboxylic acids is 1. The minimum absolute atomic E-state index is 0.223. The van der Waals surface area contributed by atoms with Gasteiger partial charge in [-0.2, -0.15) is 0 Å². The van der Waals surface area contributed by atoms with Crippen molar-refractivity contribution in [2.24, 2.45) is 0 Å². The molecule has 2 heterocycles. The van der Waals surface area contributed by atoms with Gasteiger partial charge in [0.1, 0.15) is 28.6 Å². The van der Waals surface area contributed by atoms with Crippen molar-refractivity contribution in [2.75, 3.05) is 12.4 Å². The number of hydrogen-bond acceptors (Lipinski definition) is 5. The Bertz CT molecular complexity index is 1420. The molecule has 0 bridgehead atoms. The topological polar surface area (TPSA) is 82.3 Å². The third-order valence-corrected chi connectivity index (χ3v) is 5.48. The molecule has 4 rings (SSSR count). The Balaban J connectivity index is 1.82. The molecule has 2 aromatic heterocycles. The Morgan fingerprint density at radius 2 is 1.90 bits per heavy atom. The van der Waals surface area contributed by atoms with Crippen molar-refractivity contribution >= 4 is 33.1 Å². The predicted octanol–water partition coefficient (Wildman–Crippen LogP) is 3.14. The fourth-order valence-corrected chi connectivity index (χ4v) is 4.02. The number of fused-ring (bicyclic) bond motifs is 1. The van der Waals surface area contributed by atoms with Crippen molar-refractivity contribution in [2.45, 2.75) is 6.54 Å². The first-order valence-corrected chi connectivity index (χ1v) is 9.90. The zero-order valence-electron chi connectivity index (χ0n) is 16.1. The third kappa shape index (κ3) is 3.73. The number of benzene rings is 2. The molecular weight excluding hydrogens is 428 g/mol. The number of thiophene rings is 1. The Morgan fingerprint density at radius 1 is 1.13 bits per heavy atom. The molecule has 0 aliphatic rings.